The van der Waals surface area contributed by atoms with Gasteiger partial charge in [0.25, 0.3) is 5.91 Å². The molecule has 1 aliphatic rings. The van der Waals surface area contributed by atoms with Gasteiger partial charge in [-0.3, -0.25) is 9.78 Å². The molecule has 1 amide bonds. The topological polar surface area (TPSA) is 54.9 Å². The third-order valence-corrected chi connectivity index (χ3v) is 4.69. The molecule has 1 aromatic carbocycles. The van der Waals surface area contributed by atoms with E-state index in [1.165, 1.54) is 11.1 Å². The molecule has 0 saturated carbocycles. The number of aryl methyl sites for hydroxylation is 1. The number of rotatable bonds is 2. The summed E-state index contributed by atoms with van der Waals surface area (Å²) in [6, 6.07) is 5.78. The highest BCUT2D eigenvalue weighted by Crippen LogP contribution is 2.37. The number of halogens is 1. The fourth-order valence-electron chi connectivity index (χ4n) is 2.26. The summed E-state index contributed by atoms with van der Waals surface area (Å²) in [4.78, 5) is 21.7. The molecule has 108 valence electrons. The van der Waals surface area contributed by atoms with E-state index in [0.717, 1.165) is 23.4 Å². The van der Waals surface area contributed by atoms with Gasteiger partial charge in [0.1, 0.15) is 5.69 Å². The van der Waals surface area contributed by atoms with Crippen LogP contribution < -0.4 is 5.32 Å². The van der Waals surface area contributed by atoms with Crippen molar-refractivity contribution >= 4 is 29.3 Å². The molecule has 1 atom stereocenters. The number of carbonyl (C=O) groups excluding carboxylic acids is 1. The molecule has 1 aliphatic heterocycles. The number of hydrogen-bond acceptors (Lipinski definition) is 4. The minimum atomic E-state index is -0.203. The van der Waals surface area contributed by atoms with Crippen LogP contribution in [0.5, 0.6) is 0 Å². The Bertz CT molecular complexity index is 675. The van der Waals surface area contributed by atoms with Crippen molar-refractivity contribution in [3.63, 3.8) is 0 Å². The van der Waals surface area contributed by atoms with E-state index in [1.807, 2.05) is 25.1 Å². The molecule has 2 heterocycles. The molecule has 0 radical (unpaired) electrons. The summed E-state index contributed by atoms with van der Waals surface area (Å²) in [5.74, 6) is 0.768. The minimum Gasteiger partial charge on any atom is -0.344 e. The van der Waals surface area contributed by atoms with E-state index in [9.17, 15) is 4.79 Å². The number of nitrogens with zero attached hydrogens (tertiary/aromatic N) is 2. The van der Waals surface area contributed by atoms with E-state index in [0.29, 0.717) is 10.7 Å². The molecule has 3 rings (SSSR count). The lowest BCUT2D eigenvalue weighted by molar-refractivity contribution is 0.0929. The van der Waals surface area contributed by atoms with Gasteiger partial charge in [0.15, 0.2) is 0 Å². The summed E-state index contributed by atoms with van der Waals surface area (Å²) in [5, 5.41) is 3.71. The first kappa shape index (κ1) is 14.4. The van der Waals surface area contributed by atoms with Crippen LogP contribution in [0.2, 0.25) is 5.02 Å². The fraction of sp³-hybridized carbons (Fsp3) is 0.267. The van der Waals surface area contributed by atoms with Gasteiger partial charge in [-0.1, -0.05) is 11.6 Å². The highest BCUT2D eigenvalue weighted by atomic mass is 35.5. The Morgan fingerprint density at radius 3 is 3.00 bits per heavy atom. The van der Waals surface area contributed by atoms with Crippen molar-refractivity contribution in [1.82, 2.24) is 15.3 Å². The van der Waals surface area contributed by atoms with Gasteiger partial charge >= 0.3 is 0 Å². The molecule has 0 spiro atoms. The van der Waals surface area contributed by atoms with Crippen LogP contribution in [0.4, 0.5) is 0 Å². The van der Waals surface area contributed by atoms with Crippen LogP contribution in [-0.4, -0.2) is 21.6 Å². The van der Waals surface area contributed by atoms with Crippen molar-refractivity contribution < 1.29 is 4.79 Å². The van der Waals surface area contributed by atoms with E-state index in [-0.39, 0.29) is 11.9 Å². The Kier molecular flexibility index (Phi) is 4.12. The quantitative estimate of drug-likeness (QED) is 0.921. The summed E-state index contributed by atoms with van der Waals surface area (Å²) in [6.45, 7) is 1.84. The zero-order valence-corrected chi connectivity index (χ0v) is 13.0. The highest BCUT2D eigenvalue weighted by Gasteiger charge is 2.23. The number of benzene rings is 1. The number of thioether (sulfide) groups is 1. The third kappa shape index (κ3) is 3.19. The Hall–Kier alpha value is -1.59. The van der Waals surface area contributed by atoms with Crippen molar-refractivity contribution in [3.05, 3.63) is 52.6 Å². The van der Waals surface area contributed by atoms with Crippen LogP contribution in [-0.2, 0) is 0 Å². The largest absolute Gasteiger partial charge is 0.344 e. The monoisotopic (exact) mass is 319 g/mol. The van der Waals surface area contributed by atoms with E-state index >= 15 is 0 Å². The van der Waals surface area contributed by atoms with Crippen LogP contribution in [0.1, 0.15) is 34.2 Å². The molecule has 0 aliphatic carbocycles. The van der Waals surface area contributed by atoms with Crippen LogP contribution in [0, 0.1) is 6.92 Å². The maximum atomic E-state index is 12.3. The second kappa shape index (κ2) is 6.03. The van der Waals surface area contributed by atoms with Gasteiger partial charge < -0.3 is 5.32 Å². The highest BCUT2D eigenvalue weighted by molar-refractivity contribution is 7.99. The first-order valence-corrected chi connectivity index (χ1v) is 8.01. The summed E-state index contributed by atoms with van der Waals surface area (Å²) >= 11 is 7.86. The van der Waals surface area contributed by atoms with Gasteiger partial charge in [0, 0.05) is 21.9 Å². The van der Waals surface area contributed by atoms with Crippen molar-refractivity contribution in [3.8, 4) is 0 Å². The minimum absolute atomic E-state index is 0.0319. The van der Waals surface area contributed by atoms with Crippen molar-refractivity contribution in [2.24, 2.45) is 0 Å². The molecule has 4 nitrogen and oxygen atoms in total. The lowest BCUT2D eigenvalue weighted by Gasteiger charge is -2.26. The van der Waals surface area contributed by atoms with Gasteiger partial charge in [-0.25, -0.2) is 4.98 Å². The maximum absolute atomic E-state index is 12.3. The molecule has 0 saturated heterocycles. The summed E-state index contributed by atoms with van der Waals surface area (Å²) < 4.78 is 0. The molecule has 0 fully saturated rings. The Morgan fingerprint density at radius 2 is 2.24 bits per heavy atom. The molecule has 0 unspecified atom stereocenters. The molecule has 21 heavy (non-hydrogen) atoms. The SMILES string of the molecule is Cc1cnc(C(=O)N[C@H]2CCSc3ccc(Cl)cc32)cn1. The van der Waals surface area contributed by atoms with Crippen molar-refractivity contribution in [2.45, 2.75) is 24.3 Å². The van der Waals surface area contributed by atoms with E-state index in [4.69, 9.17) is 11.6 Å². The summed E-state index contributed by atoms with van der Waals surface area (Å²) in [6.07, 6.45) is 3.97. The van der Waals surface area contributed by atoms with Crippen LogP contribution in [0.25, 0.3) is 0 Å². The number of amides is 1. The molecule has 0 bridgehead atoms. The fourth-order valence-corrected chi connectivity index (χ4v) is 3.54. The molecule has 6 heteroatoms. The molecular formula is C15H14ClN3OS. The van der Waals surface area contributed by atoms with Crippen LogP contribution in [0.3, 0.4) is 0 Å². The second-order valence-electron chi connectivity index (χ2n) is 4.89. The first-order valence-electron chi connectivity index (χ1n) is 6.65. The predicted molar refractivity (Wildman–Crippen MR) is 83.8 cm³/mol. The van der Waals surface area contributed by atoms with Gasteiger partial charge in [-0.2, -0.15) is 0 Å². The average molecular weight is 320 g/mol. The van der Waals surface area contributed by atoms with Gasteiger partial charge in [-0.15, -0.1) is 11.8 Å². The zero-order chi connectivity index (χ0) is 14.8. The molecular weight excluding hydrogens is 306 g/mol. The third-order valence-electron chi connectivity index (χ3n) is 3.33. The van der Waals surface area contributed by atoms with Gasteiger partial charge in [0.05, 0.1) is 17.9 Å². The lowest BCUT2D eigenvalue weighted by atomic mass is 10.0. The smallest absolute Gasteiger partial charge is 0.271 e. The second-order valence-corrected chi connectivity index (χ2v) is 6.46. The van der Waals surface area contributed by atoms with E-state index in [2.05, 4.69) is 15.3 Å². The summed E-state index contributed by atoms with van der Waals surface area (Å²) in [7, 11) is 0. The Balaban J connectivity index is 1.81. The number of fused-ring (bicyclic) bond motifs is 1. The van der Waals surface area contributed by atoms with Crippen LogP contribution in [0.15, 0.2) is 35.5 Å². The van der Waals surface area contributed by atoms with Gasteiger partial charge in [-0.05, 0) is 37.1 Å². The Labute approximate surface area is 132 Å². The molecule has 2 aromatic rings. The number of aromatic nitrogens is 2. The normalized spacial score (nSPS) is 17.1. The van der Waals surface area contributed by atoms with E-state index in [1.54, 1.807) is 18.0 Å². The van der Waals surface area contributed by atoms with E-state index < -0.39 is 0 Å². The molecule has 1 aromatic heterocycles. The maximum Gasteiger partial charge on any atom is 0.271 e. The first-order chi connectivity index (χ1) is 10.1. The number of carbonyl (C=O) groups is 1. The lowest BCUT2D eigenvalue weighted by Crippen LogP contribution is -2.31. The van der Waals surface area contributed by atoms with Gasteiger partial charge in [0.2, 0.25) is 0 Å². The molecule has 1 N–H and O–H groups in total. The zero-order valence-electron chi connectivity index (χ0n) is 11.5. The Morgan fingerprint density at radius 1 is 1.38 bits per heavy atom. The van der Waals surface area contributed by atoms with Crippen molar-refractivity contribution in [1.29, 1.82) is 0 Å². The average Bonchev–Trinajstić information content (AvgIpc) is 2.48. The predicted octanol–water partition coefficient (Wildman–Crippen LogP) is 3.41. The number of hydrogen-bond donors (Lipinski definition) is 1. The van der Waals surface area contributed by atoms with Crippen LogP contribution >= 0.6 is 23.4 Å². The standard InChI is InChI=1S/C15H14ClN3OS/c1-9-7-18-13(8-17-9)15(20)19-12-4-5-21-14-3-2-10(16)6-11(12)14/h2-3,6-8,12H,4-5H2,1H3,(H,19,20)/t12-/m0/s1. The summed E-state index contributed by atoms with van der Waals surface area (Å²) in [5.41, 5.74) is 2.20. The number of nitrogens with one attached hydrogen (secondary N) is 1. The van der Waals surface area contributed by atoms with Crippen molar-refractivity contribution in [2.75, 3.05) is 5.75 Å².